The minimum absolute atomic E-state index is 0.206. The Kier molecular flexibility index (Phi) is 4.03. The van der Waals surface area contributed by atoms with E-state index < -0.39 is 0 Å². The van der Waals surface area contributed by atoms with Crippen LogP contribution in [0.3, 0.4) is 0 Å². The number of hydrogen-bond donors (Lipinski definition) is 2. The third-order valence-electron chi connectivity index (χ3n) is 2.21. The van der Waals surface area contributed by atoms with Crippen molar-refractivity contribution < 1.29 is 4.79 Å². The lowest BCUT2D eigenvalue weighted by Crippen LogP contribution is -2.28. The molecule has 0 radical (unpaired) electrons. The number of nitrogens with one attached hydrogen (secondary N) is 1. The van der Waals surface area contributed by atoms with Crippen LogP contribution in [-0.2, 0) is 0 Å². The van der Waals surface area contributed by atoms with Gasteiger partial charge in [0.05, 0.1) is 12.4 Å². The molecule has 5 nitrogen and oxygen atoms in total. The highest BCUT2D eigenvalue weighted by molar-refractivity contribution is 5.91. The number of anilines is 1. The third kappa shape index (κ3) is 3.53. The molecular formula is C10H16N4O. The third-order valence-corrected chi connectivity index (χ3v) is 2.21. The summed E-state index contributed by atoms with van der Waals surface area (Å²) in [5.74, 6) is 0.576. The van der Waals surface area contributed by atoms with E-state index in [1.807, 2.05) is 0 Å². The van der Waals surface area contributed by atoms with Crippen molar-refractivity contribution in [3.63, 3.8) is 0 Å². The van der Waals surface area contributed by atoms with Crippen LogP contribution >= 0.6 is 0 Å². The van der Waals surface area contributed by atoms with Gasteiger partial charge in [-0.1, -0.05) is 20.3 Å². The molecule has 0 aliphatic heterocycles. The first-order valence-electron chi connectivity index (χ1n) is 4.99. The summed E-state index contributed by atoms with van der Waals surface area (Å²) in [5, 5.41) is 2.79. The molecule has 1 heterocycles. The van der Waals surface area contributed by atoms with E-state index in [0.29, 0.717) is 24.0 Å². The number of nitrogens with zero attached hydrogens (tertiary/aromatic N) is 2. The average molecular weight is 208 g/mol. The molecule has 0 saturated heterocycles. The van der Waals surface area contributed by atoms with Crippen LogP contribution in [0, 0.1) is 5.92 Å². The standard InChI is InChI=1S/C10H16N4O/c1-3-7(2)4-14-10(15)8-5-13-9(11)6-12-8/h5-7H,3-4H2,1-2H3,(H2,11,13)(H,14,15). The van der Waals surface area contributed by atoms with E-state index in [4.69, 9.17) is 5.73 Å². The molecule has 15 heavy (non-hydrogen) atoms. The Morgan fingerprint density at radius 2 is 2.27 bits per heavy atom. The first-order chi connectivity index (χ1) is 7.13. The summed E-state index contributed by atoms with van der Waals surface area (Å²) < 4.78 is 0. The number of hydrogen-bond acceptors (Lipinski definition) is 4. The summed E-state index contributed by atoms with van der Waals surface area (Å²) in [5.41, 5.74) is 5.66. The molecule has 1 rings (SSSR count). The lowest BCUT2D eigenvalue weighted by Gasteiger charge is -2.09. The van der Waals surface area contributed by atoms with Crippen molar-refractivity contribution in [1.29, 1.82) is 0 Å². The quantitative estimate of drug-likeness (QED) is 0.768. The summed E-state index contributed by atoms with van der Waals surface area (Å²) in [4.78, 5) is 19.2. The normalized spacial score (nSPS) is 12.1. The van der Waals surface area contributed by atoms with Gasteiger partial charge < -0.3 is 11.1 Å². The first-order valence-corrected chi connectivity index (χ1v) is 4.99. The fourth-order valence-corrected chi connectivity index (χ4v) is 0.957. The fourth-order valence-electron chi connectivity index (χ4n) is 0.957. The van der Waals surface area contributed by atoms with Gasteiger partial charge in [0.2, 0.25) is 0 Å². The van der Waals surface area contributed by atoms with E-state index in [2.05, 4.69) is 29.1 Å². The zero-order chi connectivity index (χ0) is 11.3. The van der Waals surface area contributed by atoms with Gasteiger partial charge in [0.15, 0.2) is 0 Å². The Bertz CT molecular complexity index is 323. The molecule has 1 aromatic heterocycles. The number of carbonyl (C=O) groups excluding carboxylic acids is 1. The smallest absolute Gasteiger partial charge is 0.271 e. The predicted octanol–water partition coefficient (Wildman–Crippen LogP) is 0.835. The van der Waals surface area contributed by atoms with Gasteiger partial charge in [0.25, 0.3) is 5.91 Å². The second-order valence-corrected chi connectivity index (χ2v) is 3.55. The molecule has 0 spiro atoms. The van der Waals surface area contributed by atoms with Crippen molar-refractivity contribution in [1.82, 2.24) is 15.3 Å². The van der Waals surface area contributed by atoms with Crippen molar-refractivity contribution in [2.75, 3.05) is 12.3 Å². The van der Waals surface area contributed by atoms with Crippen molar-refractivity contribution in [3.05, 3.63) is 18.1 Å². The second-order valence-electron chi connectivity index (χ2n) is 3.55. The van der Waals surface area contributed by atoms with E-state index in [1.54, 1.807) is 0 Å². The van der Waals surface area contributed by atoms with Gasteiger partial charge in [0, 0.05) is 6.54 Å². The Morgan fingerprint density at radius 3 is 2.80 bits per heavy atom. The number of nitrogens with two attached hydrogens (primary N) is 1. The van der Waals surface area contributed by atoms with Crippen LogP contribution in [0.4, 0.5) is 5.82 Å². The number of aromatic nitrogens is 2. The minimum Gasteiger partial charge on any atom is -0.382 e. The van der Waals surface area contributed by atoms with Gasteiger partial charge in [-0.3, -0.25) is 4.79 Å². The van der Waals surface area contributed by atoms with Crippen molar-refractivity contribution in [2.45, 2.75) is 20.3 Å². The molecule has 82 valence electrons. The fraction of sp³-hybridized carbons (Fsp3) is 0.500. The van der Waals surface area contributed by atoms with Crippen molar-refractivity contribution in [3.8, 4) is 0 Å². The van der Waals surface area contributed by atoms with E-state index in [0.717, 1.165) is 6.42 Å². The van der Waals surface area contributed by atoms with Crippen LogP contribution in [0.2, 0.25) is 0 Å². The molecule has 0 saturated carbocycles. The van der Waals surface area contributed by atoms with E-state index in [9.17, 15) is 4.79 Å². The number of carbonyl (C=O) groups is 1. The molecule has 0 aliphatic carbocycles. The summed E-state index contributed by atoms with van der Waals surface area (Å²) in [6, 6.07) is 0. The molecule has 1 unspecified atom stereocenters. The zero-order valence-corrected chi connectivity index (χ0v) is 9.03. The van der Waals surface area contributed by atoms with Gasteiger partial charge in [-0.2, -0.15) is 0 Å². The molecule has 0 bridgehead atoms. The maximum absolute atomic E-state index is 11.5. The molecule has 5 heteroatoms. The predicted molar refractivity (Wildman–Crippen MR) is 58.2 cm³/mol. The molecule has 1 aromatic rings. The van der Waals surface area contributed by atoms with Crippen molar-refractivity contribution in [2.24, 2.45) is 5.92 Å². The molecule has 3 N–H and O–H groups in total. The maximum atomic E-state index is 11.5. The van der Waals surface area contributed by atoms with Crippen LogP contribution in [0.1, 0.15) is 30.8 Å². The van der Waals surface area contributed by atoms with Gasteiger partial charge in [0.1, 0.15) is 11.5 Å². The highest BCUT2D eigenvalue weighted by Crippen LogP contribution is 1.99. The van der Waals surface area contributed by atoms with Crippen LogP contribution in [0.25, 0.3) is 0 Å². The Morgan fingerprint density at radius 1 is 1.53 bits per heavy atom. The Hall–Kier alpha value is -1.65. The molecular weight excluding hydrogens is 192 g/mol. The number of amides is 1. The summed E-state index contributed by atoms with van der Waals surface area (Å²) in [6.45, 7) is 4.82. The van der Waals surface area contributed by atoms with Crippen LogP contribution in [-0.4, -0.2) is 22.4 Å². The lowest BCUT2D eigenvalue weighted by molar-refractivity contribution is 0.0942. The van der Waals surface area contributed by atoms with E-state index in [-0.39, 0.29) is 5.91 Å². The molecule has 1 atom stereocenters. The Labute approximate surface area is 89.1 Å². The largest absolute Gasteiger partial charge is 0.382 e. The minimum atomic E-state index is -0.206. The number of rotatable bonds is 4. The first kappa shape index (κ1) is 11.4. The average Bonchev–Trinajstić information content (AvgIpc) is 2.26. The van der Waals surface area contributed by atoms with Gasteiger partial charge in [-0.15, -0.1) is 0 Å². The van der Waals surface area contributed by atoms with Crippen molar-refractivity contribution >= 4 is 11.7 Å². The highest BCUT2D eigenvalue weighted by Gasteiger charge is 2.08. The number of nitrogen functional groups attached to an aromatic ring is 1. The topological polar surface area (TPSA) is 80.9 Å². The monoisotopic (exact) mass is 208 g/mol. The van der Waals surface area contributed by atoms with Crippen LogP contribution in [0.5, 0.6) is 0 Å². The Balaban J connectivity index is 2.50. The van der Waals surface area contributed by atoms with Crippen LogP contribution in [0.15, 0.2) is 12.4 Å². The lowest BCUT2D eigenvalue weighted by atomic mass is 10.1. The molecule has 0 aromatic carbocycles. The molecule has 0 aliphatic rings. The SMILES string of the molecule is CCC(C)CNC(=O)c1cnc(N)cn1. The summed E-state index contributed by atoms with van der Waals surface area (Å²) >= 11 is 0. The van der Waals surface area contributed by atoms with Gasteiger partial charge in [-0.25, -0.2) is 9.97 Å². The summed E-state index contributed by atoms with van der Waals surface area (Å²) in [7, 11) is 0. The molecule has 1 amide bonds. The summed E-state index contributed by atoms with van der Waals surface area (Å²) in [6.07, 6.45) is 3.78. The van der Waals surface area contributed by atoms with Gasteiger partial charge >= 0.3 is 0 Å². The zero-order valence-electron chi connectivity index (χ0n) is 9.03. The maximum Gasteiger partial charge on any atom is 0.271 e. The van der Waals surface area contributed by atoms with E-state index in [1.165, 1.54) is 12.4 Å². The van der Waals surface area contributed by atoms with E-state index >= 15 is 0 Å². The molecule has 0 fully saturated rings. The second kappa shape index (κ2) is 5.29. The highest BCUT2D eigenvalue weighted by atomic mass is 16.1. The van der Waals surface area contributed by atoms with Gasteiger partial charge in [-0.05, 0) is 5.92 Å². The van der Waals surface area contributed by atoms with Crippen LogP contribution < -0.4 is 11.1 Å².